The molecule has 31 heavy (non-hydrogen) atoms. The Morgan fingerprint density at radius 3 is 2.77 bits per heavy atom. The summed E-state index contributed by atoms with van der Waals surface area (Å²) in [6.45, 7) is 2.50. The van der Waals surface area contributed by atoms with Gasteiger partial charge in [0.1, 0.15) is 17.1 Å². The van der Waals surface area contributed by atoms with E-state index < -0.39 is 5.54 Å². The maximum Gasteiger partial charge on any atom is 0.202 e. The molecule has 2 aromatic rings. The van der Waals surface area contributed by atoms with Crippen molar-refractivity contribution in [1.82, 2.24) is 9.29 Å². The highest BCUT2D eigenvalue weighted by molar-refractivity contribution is 7.97. The maximum absolute atomic E-state index is 14.8. The van der Waals surface area contributed by atoms with Gasteiger partial charge in [-0.3, -0.25) is 14.3 Å². The van der Waals surface area contributed by atoms with Crippen molar-refractivity contribution in [3.8, 4) is 5.75 Å². The molecular formula is C22H28FN5O2S. The Morgan fingerprint density at radius 2 is 2.13 bits per heavy atom. The van der Waals surface area contributed by atoms with Gasteiger partial charge in [-0.1, -0.05) is 0 Å². The predicted octanol–water partition coefficient (Wildman–Crippen LogP) is 3.90. The predicted molar refractivity (Wildman–Crippen MR) is 124 cm³/mol. The van der Waals surface area contributed by atoms with Gasteiger partial charge >= 0.3 is 0 Å². The lowest BCUT2D eigenvalue weighted by atomic mass is 9.93. The highest BCUT2D eigenvalue weighted by Gasteiger charge is 2.34. The van der Waals surface area contributed by atoms with Gasteiger partial charge in [0.05, 0.1) is 30.4 Å². The van der Waals surface area contributed by atoms with Gasteiger partial charge < -0.3 is 15.2 Å². The Hall–Kier alpha value is -2.65. The van der Waals surface area contributed by atoms with Crippen molar-refractivity contribution in [3.63, 3.8) is 0 Å². The lowest BCUT2D eigenvalue weighted by molar-refractivity contribution is 0.197. The molecule has 0 saturated heterocycles. The molecule has 1 aliphatic heterocycles. The monoisotopic (exact) mass is 445 g/mol. The number of hydrogen-bond acceptors (Lipinski definition) is 8. The van der Waals surface area contributed by atoms with E-state index in [-0.39, 0.29) is 5.82 Å². The maximum atomic E-state index is 14.8. The number of benzene rings is 1. The largest absolute Gasteiger partial charge is 0.495 e. The molecule has 0 bridgehead atoms. The van der Waals surface area contributed by atoms with Gasteiger partial charge in [-0.05, 0) is 62.0 Å². The smallest absolute Gasteiger partial charge is 0.202 e. The van der Waals surface area contributed by atoms with Gasteiger partial charge in [0, 0.05) is 32.1 Å². The molecule has 1 atom stereocenters. The fraction of sp³-hybridized carbons (Fsp3) is 0.409. The van der Waals surface area contributed by atoms with Gasteiger partial charge in [-0.15, -0.1) is 0 Å². The highest BCUT2D eigenvalue weighted by atomic mass is 32.2. The summed E-state index contributed by atoms with van der Waals surface area (Å²) in [7, 11) is 5.11. The Morgan fingerprint density at radius 1 is 1.32 bits per heavy atom. The van der Waals surface area contributed by atoms with Crippen LogP contribution in [0.3, 0.4) is 0 Å². The molecule has 0 radical (unpaired) electrons. The Bertz CT molecular complexity index is 967. The zero-order valence-corrected chi connectivity index (χ0v) is 19.1. The first-order chi connectivity index (χ1) is 14.9. The van der Waals surface area contributed by atoms with Crippen LogP contribution in [0.4, 0.5) is 10.1 Å². The summed E-state index contributed by atoms with van der Waals surface area (Å²) in [5, 5.41) is 0. The zero-order valence-electron chi connectivity index (χ0n) is 18.3. The summed E-state index contributed by atoms with van der Waals surface area (Å²) in [5.41, 5.74) is 7.87. The minimum atomic E-state index is -0.772. The van der Waals surface area contributed by atoms with E-state index in [1.165, 1.54) is 18.0 Å². The SMILES string of the molecule is COCCCC(=Nc1ccc(F)c(C2(C)CSN(C)C(N)=N2)c1)c1ccc(OC)cn1. The van der Waals surface area contributed by atoms with Gasteiger partial charge in [0.25, 0.3) is 0 Å². The fourth-order valence-electron chi connectivity index (χ4n) is 3.23. The molecule has 2 N–H and O–H groups in total. The zero-order chi connectivity index (χ0) is 22.4. The summed E-state index contributed by atoms with van der Waals surface area (Å²) in [5.74, 6) is 1.29. The van der Waals surface area contributed by atoms with Crippen LogP contribution in [-0.2, 0) is 10.3 Å². The average Bonchev–Trinajstić information content (AvgIpc) is 2.77. The molecule has 166 valence electrons. The van der Waals surface area contributed by atoms with E-state index in [9.17, 15) is 4.39 Å². The van der Waals surface area contributed by atoms with Crippen molar-refractivity contribution in [2.75, 3.05) is 33.6 Å². The number of nitrogens with zero attached hydrogens (tertiary/aromatic N) is 4. The van der Waals surface area contributed by atoms with Crippen molar-refractivity contribution in [3.05, 3.63) is 53.6 Å². The second-order valence-electron chi connectivity index (χ2n) is 7.42. The highest BCUT2D eigenvalue weighted by Crippen LogP contribution is 2.37. The number of pyridine rings is 1. The van der Waals surface area contributed by atoms with Crippen LogP contribution in [0.15, 0.2) is 46.5 Å². The molecule has 1 aliphatic rings. The lowest BCUT2D eigenvalue weighted by Crippen LogP contribution is -2.40. The number of hydrogen-bond donors (Lipinski definition) is 1. The molecule has 0 saturated carbocycles. The van der Waals surface area contributed by atoms with Crippen LogP contribution in [0.2, 0.25) is 0 Å². The summed E-state index contributed by atoms with van der Waals surface area (Å²) in [6.07, 6.45) is 3.12. The number of ether oxygens (including phenoxy) is 2. The van der Waals surface area contributed by atoms with Gasteiger partial charge in [-0.25, -0.2) is 9.38 Å². The van der Waals surface area contributed by atoms with Crippen molar-refractivity contribution < 1.29 is 13.9 Å². The first kappa shape index (κ1) is 23.0. The van der Waals surface area contributed by atoms with Crippen LogP contribution in [0.25, 0.3) is 0 Å². The second-order valence-corrected chi connectivity index (χ2v) is 8.51. The summed E-state index contributed by atoms with van der Waals surface area (Å²) in [4.78, 5) is 13.8. The van der Waals surface area contributed by atoms with Crippen molar-refractivity contribution in [2.45, 2.75) is 25.3 Å². The summed E-state index contributed by atoms with van der Waals surface area (Å²) in [6, 6.07) is 8.56. The molecule has 0 spiro atoms. The number of aromatic nitrogens is 1. The van der Waals surface area contributed by atoms with E-state index in [4.69, 9.17) is 20.2 Å². The number of methoxy groups -OCH3 is 2. The van der Waals surface area contributed by atoms with E-state index in [0.717, 1.165) is 17.8 Å². The molecule has 0 fully saturated rings. The van der Waals surface area contributed by atoms with Crippen molar-refractivity contribution in [1.29, 1.82) is 0 Å². The minimum absolute atomic E-state index is 0.327. The average molecular weight is 446 g/mol. The minimum Gasteiger partial charge on any atom is -0.495 e. The molecule has 2 heterocycles. The van der Waals surface area contributed by atoms with Crippen LogP contribution in [0, 0.1) is 5.82 Å². The molecule has 0 aliphatic carbocycles. The number of guanidine groups is 1. The van der Waals surface area contributed by atoms with E-state index in [0.29, 0.717) is 41.7 Å². The topological polar surface area (TPSA) is 85.3 Å². The molecule has 7 nitrogen and oxygen atoms in total. The fourth-order valence-corrected chi connectivity index (χ4v) is 4.07. The quantitative estimate of drug-likeness (QED) is 0.377. The van der Waals surface area contributed by atoms with Gasteiger partial charge in [-0.2, -0.15) is 0 Å². The Kier molecular flexibility index (Phi) is 7.50. The van der Waals surface area contributed by atoms with Gasteiger partial charge in [0.15, 0.2) is 0 Å². The number of aliphatic imine (C=N–C) groups is 2. The molecule has 1 aromatic carbocycles. The molecule has 1 aromatic heterocycles. The first-order valence-electron chi connectivity index (χ1n) is 9.95. The van der Waals surface area contributed by atoms with Crippen LogP contribution in [-0.4, -0.2) is 54.6 Å². The van der Waals surface area contributed by atoms with Gasteiger partial charge in [0.2, 0.25) is 5.96 Å². The Labute approximate surface area is 186 Å². The molecule has 0 amide bonds. The molecule has 3 rings (SSSR count). The number of nitrogens with two attached hydrogens (primary N) is 1. The third-order valence-electron chi connectivity index (χ3n) is 5.05. The van der Waals surface area contributed by atoms with Crippen LogP contribution < -0.4 is 10.5 Å². The van der Waals surface area contributed by atoms with Crippen molar-refractivity contribution >= 4 is 29.3 Å². The summed E-state index contributed by atoms with van der Waals surface area (Å²) >= 11 is 1.51. The second kappa shape index (κ2) is 10.1. The van der Waals surface area contributed by atoms with E-state index in [2.05, 4.69) is 9.98 Å². The number of halogens is 1. The Balaban J connectivity index is 1.99. The standard InChI is InChI=1S/C22H28FN5O2S/c1-22(14-31-28(2)21(24)27-22)17-12-15(7-9-18(17)23)26-20(6-5-11-29-3)19-10-8-16(30-4)13-25-19/h7-10,12-13H,5-6,11,14H2,1-4H3,(H2,24,27). The molecule has 9 heteroatoms. The van der Waals surface area contributed by atoms with E-state index >= 15 is 0 Å². The first-order valence-corrected chi connectivity index (χ1v) is 10.9. The number of rotatable bonds is 8. The van der Waals surface area contributed by atoms with Crippen LogP contribution in [0.5, 0.6) is 5.75 Å². The van der Waals surface area contributed by atoms with E-state index in [1.807, 2.05) is 26.1 Å². The summed E-state index contributed by atoms with van der Waals surface area (Å²) < 4.78 is 27.0. The van der Waals surface area contributed by atoms with Crippen molar-refractivity contribution in [2.24, 2.45) is 15.7 Å². The van der Waals surface area contributed by atoms with Crippen LogP contribution in [0.1, 0.15) is 31.0 Å². The third kappa shape index (κ3) is 5.54. The third-order valence-corrected chi connectivity index (χ3v) is 6.31. The lowest BCUT2D eigenvalue weighted by Gasteiger charge is -2.34. The van der Waals surface area contributed by atoms with Crippen LogP contribution >= 0.6 is 11.9 Å². The molecule has 1 unspecified atom stereocenters. The normalized spacial score (nSPS) is 19.3. The molecular weight excluding hydrogens is 417 g/mol. The van der Waals surface area contributed by atoms with E-state index in [1.54, 1.807) is 36.9 Å².